The standard InChI is InChI=1S/C15H18N2/c1-11(2)14-8-3-4-9-15(14)17-13-7-5-6-12(16)10-13/h3-11,17H,16H2,1-2H3. The van der Waals surface area contributed by atoms with Crippen LogP contribution in [0.4, 0.5) is 17.1 Å². The van der Waals surface area contributed by atoms with Crippen molar-refractivity contribution in [2.24, 2.45) is 0 Å². The average molecular weight is 226 g/mol. The van der Waals surface area contributed by atoms with E-state index in [-0.39, 0.29) is 0 Å². The van der Waals surface area contributed by atoms with Crippen LogP contribution in [0.25, 0.3) is 0 Å². The third-order valence-corrected chi connectivity index (χ3v) is 2.75. The van der Waals surface area contributed by atoms with Gasteiger partial charge in [-0.2, -0.15) is 0 Å². The van der Waals surface area contributed by atoms with Crippen molar-refractivity contribution in [3.8, 4) is 0 Å². The van der Waals surface area contributed by atoms with Gasteiger partial charge in [-0.05, 0) is 35.7 Å². The molecule has 0 saturated carbocycles. The Morgan fingerprint density at radius 2 is 1.76 bits per heavy atom. The van der Waals surface area contributed by atoms with Gasteiger partial charge in [-0.15, -0.1) is 0 Å². The van der Waals surface area contributed by atoms with E-state index in [1.54, 1.807) is 0 Å². The fraction of sp³-hybridized carbons (Fsp3) is 0.200. The van der Waals surface area contributed by atoms with Crippen molar-refractivity contribution in [1.29, 1.82) is 0 Å². The van der Waals surface area contributed by atoms with Gasteiger partial charge < -0.3 is 11.1 Å². The molecule has 2 rings (SSSR count). The fourth-order valence-corrected chi connectivity index (χ4v) is 1.89. The van der Waals surface area contributed by atoms with E-state index < -0.39 is 0 Å². The van der Waals surface area contributed by atoms with Gasteiger partial charge in [0.25, 0.3) is 0 Å². The Hall–Kier alpha value is -1.96. The van der Waals surface area contributed by atoms with Crippen LogP contribution in [-0.2, 0) is 0 Å². The Morgan fingerprint density at radius 1 is 1.00 bits per heavy atom. The highest BCUT2D eigenvalue weighted by atomic mass is 14.9. The molecule has 0 atom stereocenters. The third-order valence-electron chi connectivity index (χ3n) is 2.75. The molecule has 0 aromatic heterocycles. The molecule has 0 aliphatic carbocycles. The number of rotatable bonds is 3. The van der Waals surface area contributed by atoms with Crippen molar-refractivity contribution < 1.29 is 0 Å². The van der Waals surface area contributed by atoms with Crippen LogP contribution in [0.1, 0.15) is 25.3 Å². The predicted molar refractivity (Wildman–Crippen MR) is 74.7 cm³/mol. The molecule has 2 heteroatoms. The number of nitrogens with one attached hydrogen (secondary N) is 1. The monoisotopic (exact) mass is 226 g/mol. The first-order valence-electron chi connectivity index (χ1n) is 5.88. The van der Waals surface area contributed by atoms with Crippen molar-refractivity contribution in [2.45, 2.75) is 19.8 Å². The third kappa shape index (κ3) is 2.78. The van der Waals surface area contributed by atoms with Crippen LogP contribution in [0.5, 0.6) is 0 Å². The topological polar surface area (TPSA) is 38.0 Å². The van der Waals surface area contributed by atoms with Crippen molar-refractivity contribution >= 4 is 17.1 Å². The molecule has 0 bridgehead atoms. The molecule has 0 heterocycles. The molecule has 3 N–H and O–H groups in total. The van der Waals surface area contributed by atoms with Crippen molar-refractivity contribution in [1.82, 2.24) is 0 Å². The van der Waals surface area contributed by atoms with Crippen LogP contribution in [-0.4, -0.2) is 0 Å². The smallest absolute Gasteiger partial charge is 0.0419 e. The van der Waals surface area contributed by atoms with E-state index in [1.165, 1.54) is 5.56 Å². The molecule has 2 nitrogen and oxygen atoms in total. The summed E-state index contributed by atoms with van der Waals surface area (Å²) < 4.78 is 0. The molecule has 0 aliphatic heterocycles. The van der Waals surface area contributed by atoms with Gasteiger partial charge in [0.05, 0.1) is 0 Å². The molecule has 2 aromatic rings. The minimum absolute atomic E-state index is 0.500. The Labute approximate surface area is 102 Å². The Kier molecular flexibility index (Phi) is 3.33. The number of nitrogen functional groups attached to an aromatic ring is 1. The van der Waals surface area contributed by atoms with Gasteiger partial charge in [0, 0.05) is 17.1 Å². The molecule has 0 aliphatic rings. The second-order valence-corrected chi connectivity index (χ2v) is 4.49. The molecule has 0 amide bonds. The molecular weight excluding hydrogens is 208 g/mol. The highest BCUT2D eigenvalue weighted by Crippen LogP contribution is 2.27. The fourth-order valence-electron chi connectivity index (χ4n) is 1.89. The van der Waals surface area contributed by atoms with Gasteiger partial charge in [-0.25, -0.2) is 0 Å². The molecule has 0 saturated heterocycles. The van der Waals surface area contributed by atoms with Gasteiger partial charge in [-0.1, -0.05) is 38.1 Å². The molecule has 88 valence electrons. The zero-order valence-corrected chi connectivity index (χ0v) is 10.3. The van der Waals surface area contributed by atoms with Crippen LogP contribution < -0.4 is 11.1 Å². The van der Waals surface area contributed by atoms with Gasteiger partial charge in [-0.3, -0.25) is 0 Å². The molecule has 2 aromatic carbocycles. The number of benzene rings is 2. The number of hydrogen-bond acceptors (Lipinski definition) is 2. The summed E-state index contributed by atoms with van der Waals surface area (Å²) in [7, 11) is 0. The molecular formula is C15H18N2. The first-order valence-corrected chi connectivity index (χ1v) is 5.88. The van der Waals surface area contributed by atoms with Crippen LogP contribution >= 0.6 is 0 Å². The zero-order valence-electron chi connectivity index (χ0n) is 10.3. The lowest BCUT2D eigenvalue weighted by atomic mass is 10.0. The summed E-state index contributed by atoms with van der Waals surface area (Å²) in [4.78, 5) is 0. The lowest BCUT2D eigenvalue weighted by Gasteiger charge is -2.14. The number of hydrogen-bond donors (Lipinski definition) is 2. The lowest BCUT2D eigenvalue weighted by molar-refractivity contribution is 0.869. The lowest BCUT2D eigenvalue weighted by Crippen LogP contribution is -1.98. The maximum atomic E-state index is 5.77. The van der Waals surface area contributed by atoms with Crippen molar-refractivity contribution in [3.63, 3.8) is 0 Å². The van der Waals surface area contributed by atoms with Crippen molar-refractivity contribution in [3.05, 3.63) is 54.1 Å². The normalized spacial score (nSPS) is 10.5. The predicted octanol–water partition coefficient (Wildman–Crippen LogP) is 4.14. The van der Waals surface area contributed by atoms with Gasteiger partial charge in [0.2, 0.25) is 0 Å². The van der Waals surface area contributed by atoms with E-state index in [1.807, 2.05) is 30.3 Å². The van der Waals surface area contributed by atoms with E-state index >= 15 is 0 Å². The maximum absolute atomic E-state index is 5.77. The first kappa shape index (κ1) is 11.5. The minimum atomic E-state index is 0.500. The van der Waals surface area contributed by atoms with Crippen LogP contribution in [0, 0.1) is 0 Å². The molecule has 0 fully saturated rings. The van der Waals surface area contributed by atoms with E-state index in [9.17, 15) is 0 Å². The summed E-state index contributed by atoms with van der Waals surface area (Å²) >= 11 is 0. The quantitative estimate of drug-likeness (QED) is 0.772. The van der Waals surface area contributed by atoms with E-state index in [2.05, 4.69) is 37.4 Å². The van der Waals surface area contributed by atoms with E-state index in [0.29, 0.717) is 5.92 Å². The molecule has 0 radical (unpaired) electrons. The largest absolute Gasteiger partial charge is 0.399 e. The summed E-state index contributed by atoms with van der Waals surface area (Å²) in [6.07, 6.45) is 0. The van der Waals surface area contributed by atoms with Crippen molar-refractivity contribution in [2.75, 3.05) is 11.1 Å². The Bertz CT molecular complexity index is 504. The Morgan fingerprint density at radius 3 is 2.47 bits per heavy atom. The average Bonchev–Trinajstić information content (AvgIpc) is 2.29. The van der Waals surface area contributed by atoms with Gasteiger partial charge in [0.1, 0.15) is 0 Å². The van der Waals surface area contributed by atoms with Crippen LogP contribution in [0.3, 0.4) is 0 Å². The van der Waals surface area contributed by atoms with Gasteiger partial charge >= 0.3 is 0 Å². The summed E-state index contributed by atoms with van der Waals surface area (Å²) in [6.45, 7) is 4.39. The SMILES string of the molecule is CC(C)c1ccccc1Nc1cccc(N)c1. The molecule has 0 spiro atoms. The number of nitrogens with two attached hydrogens (primary N) is 1. The summed E-state index contributed by atoms with van der Waals surface area (Å²) in [6, 6.07) is 16.2. The first-order chi connectivity index (χ1) is 8.16. The molecule has 0 unspecified atom stereocenters. The zero-order chi connectivity index (χ0) is 12.3. The van der Waals surface area contributed by atoms with Crippen LogP contribution in [0.2, 0.25) is 0 Å². The minimum Gasteiger partial charge on any atom is -0.399 e. The maximum Gasteiger partial charge on any atom is 0.0419 e. The highest BCUT2D eigenvalue weighted by molar-refractivity contribution is 5.66. The summed E-state index contributed by atoms with van der Waals surface area (Å²) in [5.74, 6) is 0.500. The summed E-state index contributed by atoms with van der Waals surface area (Å²) in [5.41, 5.74) is 10.0. The Balaban J connectivity index is 2.30. The van der Waals surface area contributed by atoms with E-state index in [0.717, 1.165) is 17.1 Å². The summed E-state index contributed by atoms with van der Waals surface area (Å²) in [5, 5.41) is 3.41. The van der Waals surface area contributed by atoms with E-state index in [4.69, 9.17) is 5.73 Å². The number of anilines is 3. The second-order valence-electron chi connectivity index (χ2n) is 4.49. The number of para-hydroxylation sites is 1. The van der Waals surface area contributed by atoms with Crippen LogP contribution in [0.15, 0.2) is 48.5 Å². The second kappa shape index (κ2) is 4.91. The highest BCUT2D eigenvalue weighted by Gasteiger charge is 2.05. The molecule has 17 heavy (non-hydrogen) atoms. The van der Waals surface area contributed by atoms with Gasteiger partial charge in [0.15, 0.2) is 0 Å².